The lowest BCUT2D eigenvalue weighted by Crippen LogP contribution is -1.83. The summed E-state index contributed by atoms with van der Waals surface area (Å²) >= 11 is 0. The smallest absolute Gasteiger partial charge is 0.132 e. The van der Waals surface area contributed by atoms with Crippen molar-refractivity contribution >= 4 is 6.08 Å². The summed E-state index contributed by atoms with van der Waals surface area (Å²) in [5.41, 5.74) is 0.763. The van der Waals surface area contributed by atoms with Gasteiger partial charge in [0.25, 0.3) is 0 Å². The number of H-pyrrole nitrogens is 1. The molecule has 0 atom stereocenters. The van der Waals surface area contributed by atoms with Crippen molar-refractivity contribution in [3.05, 3.63) is 24.3 Å². The highest BCUT2D eigenvalue weighted by Crippen LogP contribution is 1.96. The fourth-order valence-electron chi connectivity index (χ4n) is 0.563. The second-order valence-corrected chi connectivity index (χ2v) is 1.63. The van der Waals surface area contributed by atoms with E-state index in [1.165, 1.54) is 0 Å². The number of aliphatic hydroxyl groups excluding tert-OH is 1. The number of hydrogen-bond donors (Lipinski definition) is 2. The van der Waals surface area contributed by atoms with Crippen molar-refractivity contribution in [1.82, 2.24) is 9.97 Å². The predicted octanol–water partition coefficient (Wildman–Crippen LogP) is 0.545. The average Bonchev–Trinajstić information content (AvgIpc) is 2.34. The minimum Gasteiger partial charge on any atom is -0.388 e. The van der Waals surface area contributed by atoms with Gasteiger partial charge in [-0.15, -0.1) is 0 Å². The molecule has 0 aliphatic rings. The van der Waals surface area contributed by atoms with E-state index in [2.05, 4.69) is 16.5 Å². The Hall–Kier alpha value is -1.09. The summed E-state index contributed by atoms with van der Waals surface area (Å²) in [6.45, 7) is 3.47. The number of rotatable bonds is 2. The summed E-state index contributed by atoms with van der Waals surface area (Å²) in [5, 5.41) is 8.52. The summed E-state index contributed by atoms with van der Waals surface area (Å²) in [7, 11) is 0. The van der Waals surface area contributed by atoms with Gasteiger partial charge in [-0.25, -0.2) is 4.98 Å². The maximum absolute atomic E-state index is 8.52. The number of nitrogens with zero attached hydrogens (tertiary/aromatic N) is 1. The molecule has 0 unspecified atom stereocenters. The van der Waals surface area contributed by atoms with Gasteiger partial charge in [-0.2, -0.15) is 0 Å². The van der Waals surface area contributed by atoms with Crippen LogP contribution < -0.4 is 0 Å². The lowest BCUT2D eigenvalue weighted by molar-refractivity contribution is 0.272. The van der Waals surface area contributed by atoms with Crippen LogP contribution in [0.25, 0.3) is 6.08 Å². The van der Waals surface area contributed by atoms with Crippen molar-refractivity contribution in [2.75, 3.05) is 0 Å². The third-order valence-corrected chi connectivity index (χ3v) is 1.01. The molecule has 0 saturated heterocycles. The van der Waals surface area contributed by atoms with Gasteiger partial charge < -0.3 is 10.1 Å². The molecule has 0 fully saturated rings. The molecule has 9 heavy (non-hydrogen) atoms. The van der Waals surface area contributed by atoms with Crippen molar-refractivity contribution in [3.8, 4) is 0 Å². The van der Waals surface area contributed by atoms with E-state index in [4.69, 9.17) is 5.11 Å². The zero-order chi connectivity index (χ0) is 6.69. The van der Waals surface area contributed by atoms with Gasteiger partial charge in [0.15, 0.2) is 0 Å². The van der Waals surface area contributed by atoms with Gasteiger partial charge >= 0.3 is 0 Å². The Kier molecular flexibility index (Phi) is 1.65. The van der Waals surface area contributed by atoms with Crippen LogP contribution in [-0.2, 0) is 6.61 Å². The van der Waals surface area contributed by atoms with Gasteiger partial charge in [0, 0.05) is 6.20 Å². The number of imidazole rings is 1. The molecule has 0 amide bonds. The van der Waals surface area contributed by atoms with Gasteiger partial charge in [-0.05, 0) is 6.08 Å². The highest BCUT2D eigenvalue weighted by atomic mass is 16.3. The van der Waals surface area contributed by atoms with Crippen LogP contribution >= 0.6 is 0 Å². The van der Waals surface area contributed by atoms with Crippen LogP contribution in [-0.4, -0.2) is 15.1 Å². The monoisotopic (exact) mass is 124 g/mol. The number of nitrogens with one attached hydrogen (secondary N) is 1. The molecule has 1 rings (SSSR count). The van der Waals surface area contributed by atoms with E-state index in [0.717, 1.165) is 5.69 Å². The van der Waals surface area contributed by atoms with Gasteiger partial charge in [-0.3, -0.25) is 0 Å². The molecule has 1 heterocycles. The molecule has 0 bridgehead atoms. The van der Waals surface area contributed by atoms with E-state index in [1.807, 2.05) is 0 Å². The van der Waals surface area contributed by atoms with Crippen LogP contribution in [0.1, 0.15) is 11.5 Å². The van der Waals surface area contributed by atoms with Crippen LogP contribution in [0.15, 0.2) is 12.8 Å². The molecule has 0 spiro atoms. The van der Waals surface area contributed by atoms with E-state index < -0.39 is 0 Å². The number of hydrogen-bond acceptors (Lipinski definition) is 2. The first kappa shape index (κ1) is 6.04. The first-order chi connectivity index (χ1) is 4.36. The highest BCUT2D eigenvalue weighted by molar-refractivity contribution is 5.39. The summed E-state index contributed by atoms with van der Waals surface area (Å²) in [4.78, 5) is 6.70. The Morgan fingerprint density at radius 2 is 2.67 bits per heavy atom. The fourth-order valence-corrected chi connectivity index (χ4v) is 0.563. The molecule has 0 aromatic carbocycles. The summed E-state index contributed by atoms with van der Waals surface area (Å²) in [5.74, 6) is 0.574. The Morgan fingerprint density at radius 3 is 3.00 bits per heavy atom. The van der Waals surface area contributed by atoms with Crippen LogP contribution in [0, 0.1) is 0 Å². The van der Waals surface area contributed by atoms with Crippen molar-refractivity contribution in [1.29, 1.82) is 0 Å². The Balaban J connectivity index is 2.86. The molecule has 1 aromatic rings. The molecular formula is C6H8N2O. The van der Waals surface area contributed by atoms with Crippen molar-refractivity contribution in [3.63, 3.8) is 0 Å². The minimum atomic E-state index is -0.0478. The third-order valence-electron chi connectivity index (χ3n) is 1.01. The molecule has 1 aromatic heterocycles. The van der Waals surface area contributed by atoms with Crippen LogP contribution in [0.4, 0.5) is 0 Å². The SMILES string of the molecule is C=Cc1c[nH]c(CO)n1. The zero-order valence-electron chi connectivity index (χ0n) is 4.96. The molecule has 3 nitrogen and oxygen atoms in total. The first-order valence-electron chi connectivity index (χ1n) is 2.64. The lowest BCUT2D eigenvalue weighted by Gasteiger charge is -1.81. The zero-order valence-corrected chi connectivity index (χ0v) is 4.96. The van der Waals surface area contributed by atoms with Crippen molar-refractivity contribution < 1.29 is 5.11 Å². The van der Waals surface area contributed by atoms with Gasteiger partial charge in [0.1, 0.15) is 12.4 Å². The van der Waals surface area contributed by atoms with E-state index in [9.17, 15) is 0 Å². The third kappa shape index (κ3) is 1.17. The Bertz CT molecular complexity index is 205. The summed E-state index contributed by atoms with van der Waals surface area (Å²) in [6, 6.07) is 0. The molecule has 0 aliphatic heterocycles. The van der Waals surface area contributed by atoms with Crippen molar-refractivity contribution in [2.24, 2.45) is 0 Å². The molecule has 0 saturated carbocycles. The topological polar surface area (TPSA) is 48.9 Å². The number of aromatic nitrogens is 2. The van der Waals surface area contributed by atoms with Gasteiger partial charge in [0.2, 0.25) is 0 Å². The highest BCUT2D eigenvalue weighted by Gasteiger charge is 1.92. The second kappa shape index (κ2) is 2.46. The Labute approximate surface area is 53.1 Å². The Morgan fingerprint density at radius 1 is 1.89 bits per heavy atom. The molecular weight excluding hydrogens is 116 g/mol. The molecule has 3 heteroatoms. The summed E-state index contributed by atoms with van der Waals surface area (Å²) < 4.78 is 0. The second-order valence-electron chi connectivity index (χ2n) is 1.63. The molecule has 2 N–H and O–H groups in total. The van der Waals surface area contributed by atoms with Crippen LogP contribution in [0.3, 0.4) is 0 Å². The standard InChI is InChI=1S/C6H8N2O/c1-2-5-3-7-6(4-9)8-5/h2-3,9H,1,4H2,(H,7,8). The van der Waals surface area contributed by atoms with E-state index in [1.54, 1.807) is 12.3 Å². The van der Waals surface area contributed by atoms with Crippen LogP contribution in [0.2, 0.25) is 0 Å². The van der Waals surface area contributed by atoms with Gasteiger partial charge in [0.05, 0.1) is 5.69 Å². The minimum absolute atomic E-state index is 0.0478. The average molecular weight is 124 g/mol. The largest absolute Gasteiger partial charge is 0.388 e. The maximum Gasteiger partial charge on any atom is 0.132 e. The molecule has 48 valence electrons. The molecule has 0 radical (unpaired) electrons. The van der Waals surface area contributed by atoms with Gasteiger partial charge in [-0.1, -0.05) is 6.58 Å². The maximum atomic E-state index is 8.52. The first-order valence-corrected chi connectivity index (χ1v) is 2.64. The lowest BCUT2D eigenvalue weighted by atomic mass is 10.5. The fraction of sp³-hybridized carbons (Fsp3) is 0.167. The van der Waals surface area contributed by atoms with Crippen molar-refractivity contribution in [2.45, 2.75) is 6.61 Å². The predicted molar refractivity (Wildman–Crippen MR) is 34.6 cm³/mol. The normalized spacial score (nSPS) is 9.44. The summed E-state index contributed by atoms with van der Waals surface area (Å²) in [6.07, 6.45) is 3.31. The van der Waals surface area contributed by atoms with E-state index in [-0.39, 0.29) is 6.61 Å². The molecule has 0 aliphatic carbocycles. The van der Waals surface area contributed by atoms with Crippen LogP contribution in [0.5, 0.6) is 0 Å². The number of aliphatic hydroxyl groups is 1. The van der Waals surface area contributed by atoms with E-state index >= 15 is 0 Å². The quantitative estimate of drug-likeness (QED) is 0.604. The van der Waals surface area contributed by atoms with E-state index in [0.29, 0.717) is 5.82 Å². The number of aromatic amines is 1.